The molecule has 10 heteroatoms. The molecule has 2 aromatic carbocycles. The minimum Gasteiger partial charge on any atom is -0.378 e. The van der Waals surface area contributed by atoms with Gasteiger partial charge >= 0.3 is 0 Å². The fraction of sp³-hybridized carbons (Fsp3) is 0.214. The SMILES string of the molecule is CN[C@@H](C)C(=O)Nc1cnc(-c2ccc(F)cc2)n(Cc2cncc(C3Cc4cc(F)ccc4N3)c2)c1=O. The lowest BCUT2D eigenvalue weighted by Gasteiger charge is -2.17. The highest BCUT2D eigenvalue weighted by atomic mass is 19.1. The average Bonchev–Trinajstić information content (AvgIpc) is 3.34. The third-order valence-corrected chi connectivity index (χ3v) is 6.61. The molecule has 1 aliphatic heterocycles. The van der Waals surface area contributed by atoms with Crippen LogP contribution in [0, 0.1) is 11.6 Å². The fourth-order valence-electron chi connectivity index (χ4n) is 4.43. The van der Waals surface area contributed by atoms with Crippen molar-refractivity contribution < 1.29 is 13.6 Å². The van der Waals surface area contributed by atoms with Crippen LogP contribution in [0.4, 0.5) is 20.2 Å². The number of anilines is 2. The Bertz CT molecular complexity index is 1550. The van der Waals surface area contributed by atoms with Gasteiger partial charge in [0.25, 0.3) is 5.56 Å². The number of rotatable bonds is 7. The number of carbonyl (C=O) groups is 1. The molecule has 5 rings (SSSR count). The predicted molar refractivity (Wildman–Crippen MR) is 141 cm³/mol. The lowest BCUT2D eigenvalue weighted by atomic mass is 10.0. The number of hydrogen-bond donors (Lipinski definition) is 3. The molecule has 3 N–H and O–H groups in total. The predicted octanol–water partition coefficient (Wildman–Crippen LogP) is 3.89. The molecule has 3 heterocycles. The van der Waals surface area contributed by atoms with Crippen LogP contribution in [-0.2, 0) is 17.8 Å². The van der Waals surface area contributed by atoms with Crippen molar-refractivity contribution in [2.24, 2.45) is 0 Å². The van der Waals surface area contributed by atoms with Crippen LogP contribution in [0.1, 0.15) is 29.7 Å². The smallest absolute Gasteiger partial charge is 0.277 e. The van der Waals surface area contributed by atoms with E-state index in [1.807, 2.05) is 6.07 Å². The van der Waals surface area contributed by atoms with Gasteiger partial charge in [-0.05, 0) is 85.6 Å². The second kappa shape index (κ2) is 10.5. The summed E-state index contributed by atoms with van der Waals surface area (Å²) in [6.45, 7) is 1.79. The average molecular weight is 517 g/mol. The number of amides is 1. The van der Waals surface area contributed by atoms with Gasteiger partial charge in [0.05, 0.1) is 24.8 Å². The summed E-state index contributed by atoms with van der Waals surface area (Å²) in [5.41, 5.74) is 3.49. The van der Waals surface area contributed by atoms with E-state index in [0.29, 0.717) is 17.8 Å². The number of aromatic nitrogens is 3. The molecule has 0 saturated carbocycles. The molecule has 8 nitrogen and oxygen atoms in total. The van der Waals surface area contributed by atoms with Crippen LogP contribution >= 0.6 is 0 Å². The lowest BCUT2D eigenvalue weighted by molar-refractivity contribution is -0.117. The molecule has 38 heavy (non-hydrogen) atoms. The summed E-state index contributed by atoms with van der Waals surface area (Å²) in [5, 5.41) is 8.86. The Morgan fingerprint density at radius 2 is 1.87 bits per heavy atom. The van der Waals surface area contributed by atoms with Crippen molar-refractivity contribution in [1.29, 1.82) is 0 Å². The van der Waals surface area contributed by atoms with Gasteiger partial charge in [0.1, 0.15) is 23.1 Å². The van der Waals surface area contributed by atoms with E-state index >= 15 is 0 Å². The number of pyridine rings is 1. The van der Waals surface area contributed by atoms with Gasteiger partial charge in [-0.15, -0.1) is 0 Å². The van der Waals surface area contributed by atoms with Crippen LogP contribution in [0.15, 0.2) is 71.9 Å². The third-order valence-electron chi connectivity index (χ3n) is 6.61. The quantitative estimate of drug-likeness (QED) is 0.345. The van der Waals surface area contributed by atoms with Crippen LogP contribution in [0.3, 0.4) is 0 Å². The first-order valence-corrected chi connectivity index (χ1v) is 12.1. The van der Waals surface area contributed by atoms with Gasteiger partial charge < -0.3 is 16.0 Å². The van der Waals surface area contributed by atoms with Crippen LogP contribution < -0.4 is 21.5 Å². The van der Waals surface area contributed by atoms with E-state index in [0.717, 1.165) is 22.4 Å². The van der Waals surface area contributed by atoms with Gasteiger partial charge in [-0.25, -0.2) is 13.8 Å². The van der Waals surface area contributed by atoms with Crippen LogP contribution in [0.25, 0.3) is 11.4 Å². The molecule has 0 bridgehead atoms. The molecule has 2 aromatic heterocycles. The standard InChI is InChI=1S/C28H26F2N6O2/c1-16(31-2)27(37)35-25-14-33-26(18-3-5-21(29)6-4-18)36(28(25)38)15-17-9-20(13-32-12-17)24-11-19-10-22(30)7-8-23(19)34-24/h3-10,12-14,16,24,31,34H,11,15H2,1-2H3,(H,35,37)/t16-,24?/m0/s1. The molecule has 0 aliphatic carbocycles. The molecule has 1 aliphatic rings. The molecule has 0 fully saturated rings. The summed E-state index contributed by atoms with van der Waals surface area (Å²) in [6.07, 6.45) is 5.30. The first-order chi connectivity index (χ1) is 18.3. The van der Waals surface area contributed by atoms with Gasteiger partial charge in [0.15, 0.2) is 0 Å². The Balaban J connectivity index is 1.49. The zero-order chi connectivity index (χ0) is 26.8. The maximum atomic E-state index is 13.7. The molecule has 1 unspecified atom stereocenters. The molecule has 0 saturated heterocycles. The maximum Gasteiger partial charge on any atom is 0.277 e. The van der Waals surface area contributed by atoms with Crippen molar-refractivity contribution in [3.63, 3.8) is 0 Å². The third kappa shape index (κ3) is 5.16. The largest absolute Gasteiger partial charge is 0.378 e. The summed E-state index contributed by atoms with van der Waals surface area (Å²) in [6, 6.07) is 11.7. The van der Waals surface area contributed by atoms with Gasteiger partial charge in [-0.2, -0.15) is 0 Å². The Labute approximate surface area is 217 Å². The molecular weight excluding hydrogens is 490 g/mol. The van der Waals surface area contributed by atoms with E-state index in [1.54, 1.807) is 44.6 Å². The van der Waals surface area contributed by atoms with Crippen LogP contribution in [0.2, 0.25) is 0 Å². The van der Waals surface area contributed by atoms with Gasteiger partial charge in [0, 0.05) is 23.6 Å². The molecule has 0 radical (unpaired) electrons. The number of carbonyl (C=O) groups excluding carboxylic acids is 1. The Kier molecular flexibility index (Phi) is 6.97. The highest BCUT2D eigenvalue weighted by molar-refractivity contribution is 5.94. The lowest BCUT2D eigenvalue weighted by Crippen LogP contribution is -2.38. The van der Waals surface area contributed by atoms with E-state index < -0.39 is 17.4 Å². The number of benzene rings is 2. The van der Waals surface area contributed by atoms with Crippen molar-refractivity contribution in [2.75, 3.05) is 17.7 Å². The summed E-state index contributed by atoms with van der Waals surface area (Å²) >= 11 is 0. The number of nitrogens with zero attached hydrogens (tertiary/aromatic N) is 3. The van der Waals surface area contributed by atoms with E-state index in [1.165, 1.54) is 35.0 Å². The van der Waals surface area contributed by atoms with Gasteiger partial charge in [0.2, 0.25) is 5.91 Å². The number of hydrogen-bond acceptors (Lipinski definition) is 6. The van der Waals surface area contributed by atoms with E-state index in [2.05, 4.69) is 25.9 Å². The van der Waals surface area contributed by atoms with Crippen LogP contribution in [0.5, 0.6) is 0 Å². The number of likely N-dealkylation sites (N-methyl/N-ethyl adjacent to an activating group) is 1. The van der Waals surface area contributed by atoms with E-state index in [4.69, 9.17) is 0 Å². The highest BCUT2D eigenvalue weighted by Crippen LogP contribution is 2.34. The zero-order valence-corrected chi connectivity index (χ0v) is 20.8. The Hall–Kier alpha value is -4.44. The molecule has 4 aromatic rings. The monoisotopic (exact) mass is 516 g/mol. The first kappa shape index (κ1) is 25.2. The van der Waals surface area contributed by atoms with Crippen molar-refractivity contribution in [3.8, 4) is 11.4 Å². The normalized spacial score (nSPS) is 15.0. The minimum atomic E-state index is -0.517. The zero-order valence-electron chi connectivity index (χ0n) is 20.8. The summed E-state index contributed by atoms with van der Waals surface area (Å²) in [7, 11) is 1.65. The van der Waals surface area contributed by atoms with Gasteiger partial charge in [-0.3, -0.25) is 19.1 Å². The first-order valence-electron chi connectivity index (χ1n) is 12.1. The van der Waals surface area contributed by atoms with Gasteiger partial charge in [-0.1, -0.05) is 0 Å². The molecule has 194 valence electrons. The Morgan fingerprint density at radius 1 is 1.11 bits per heavy atom. The van der Waals surface area contributed by atoms with Crippen molar-refractivity contribution in [1.82, 2.24) is 19.9 Å². The molecule has 1 amide bonds. The molecule has 0 spiro atoms. The summed E-state index contributed by atoms with van der Waals surface area (Å²) < 4.78 is 28.7. The van der Waals surface area contributed by atoms with E-state index in [9.17, 15) is 18.4 Å². The maximum absolute atomic E-state index is 13.7. The number of nitrogens with one attached hydrogen (secondary N) is 3. The summed E-state index contributed by atoms with van der Waals surface area (Å²) in [5.74, 6) is -0.745. The number of fused-ring (bicyclic) bond motifs is 1. The Morgan fingerprint density at radius 3 is 2.63 bits per heavy atom. The topological polar surface area (TPSA) is 101 Å². The fourth-order valence-corrected chi connectivity index (χ4v) is 4.43. The van der Waals surface area contributed by atoms with Crippen molar-refractivity contribution in [2.45, 2.75) is 32.0 Å². The summed E-state index contributed by atoms with van der Waals surface area (Å²) in [4.78, 5) is 34.8. The minimum absolute atomic E-state index is 0.0296. The number of halogens is 2. The second-order valence-electron chi connectivity index (χ2n) is 9.22. The molecular formula is C28H26F2N6O2. The van der Waals surface area contributed by atoms with E-state index in [-0.39, 0.29) is 30.0 Å². The second-order valence-corrected chi connectivity index (χ2v) is 9.22. The van der Waals surface area contributed by atoms with Crippen molar-refractivity contribution in [3.05, 3.63) is 106 Å². The van der Waals surface area contributed by atoms with Crippen LogP contribution in [-0.4, -0.2) is 33.5 Å². The molecule has 2 atom stereocenters. The van der Waals surface area contributed by atoms with Crippen molar-refractivity contribution >= 4 is 17.3 Å². The highest BCUT2D eigenvalue weighted by Gasteiger charge is 2.23.